The Hall–Kier alpha value is -0.170. The molecule has 0 aliphatic carbocycles. The number of hydrogen-bond acceptors (Lipinski definition) is 2. The smallest absolute Gasteiger partial charge is 0.248 e. The Kier molecular flexibility index (Phi) is 3.88. The first-order valence-electron chi connectivity index (χ1n) is 3.85. The molecule has 0 saturated carbocycles. The zero-order chi connectivity index (χ0) is 10.8. The third kappa shape index (κ3) is 3.20. The van der Waals surface area contributed by atoms with Gasteiger partial charge in [0.25, 0.3) is 0 Å². The molecule has 14 heavy (non-hydrogen) atoms. The largest absolute Gasteiger partial charge is 0.408 e. The van der Waals surface area contributed by atoms with Crippen LogP contribution in [-0.4, -0.2) is 21.7 Å². The van der Waals surface area contributed by atoms with Gasteiger partial charge in [-0.1, -0.05) is 6.92 Å². The Balaban J connectivity index is 2.79. The monoisotopic (exact) mass is 288 g/mol. The van der Waals surface area contributed by atoms with Gasteiger partial charge in [-0.2, -0.15) is 18.3 Å². The summed E-state index contributed by atoms with van der Waals surface area (Å²) in [7, 11) is 0. The van der Waals surface area contributed by atoms with Crippen molar-refractivity contribution in [2.24, 2.45) is 0 Å². The lowest BCUT2D eigenvalue weighted by Crippen LogP contribution is -2.18. The summed E-state index contributed by atoms with van der Waals surface area (Å²) >= 11 is 4.54. The van der Waals surface area contributed by atoms with Gasteiger partial charge in [-0.3, -0.25) is 0 Å². The van der Waals surface area contributed by atoms with Crippen molar-refractivity contribution in [2.75, 3.05) is 5.75 Å². The van der Waals surface area contributed by atoms with E-state index in [1.54, 1.807) is 0 Å². The molecule has 0 aliphatic rings. The summed E-state index contributed by atoms with van der Waals surface area (Å²) in [6.45, 7) is 0.871. The lowest BCUT2D eigenvalue weighted by molar-refractivity contribution is -0.143. The van der Waals surface area contributed by atoms with E-state index in [0.29, 0.717) is 4.60 Å². The minimum Gasteiger partial charge on any atom is -0.248 e. The van der Waals surface area contributed by atoms with Gasteiger partial charge in [-0.15, -0.1) is 11.8 Å². The standard InChI is InChI=1S/C7H8BrF3N2S/c1-2-14-5-3-12-13(6(5)8)4-7(9,10)11/h3H,2,4H2,1H3. The number of rotatable bonds is 3. The Morgan fingerprint density at radius 3 is 2.71 bits per heavy atom. The van der Waals surface area contributed by atoms with E-state index in [-0.39, 0.29) is 0 Å². The first-order valence-corrected chi connectivity index (χ1v) is 5.62. The van der Waals surface area contributed by atoms with Crippen molar-refractivity contribution < 1.29 is 13.2 Å². The van der Waals surface area contributed by atoms with E-state index in [1.165, 1.54) is 18.0 Å². The topological polar surface area (TPSA) is 17.8 Å². The highest BCUT2D eigenvalue weighted by molar-refractivity contribution is 9.10. The second-order valence-electron chi connectivity index (χ2n) is 2.51. The molecule has 0 saturated heterocycles. The fourth-order valence-electron chi connectivity index (χ4n) is 0.886. The van der Waals surface area contributed by atoms with Crippen molar-refractivity contribution in [3.05, 3.63) is 10.8 Å². The SMILES string of the molecule is CCSc1cnn(CC(F)(F)F)c1Br. The average molecular weight is 289 g/mol. The molecule has 7 heteroatoms. The van der Waals surface area contributed by atoms with Crippen LogP contribution in [0.25, 0.3) is 0 Å². The summed E-state index contributed by atoms with van der Waals surface area (Å²) in [6.07, 6.45) is -2.80. The molecule has 80 valence electrons. The van der Waals surface area contributed by atoms with Gasteiger partial charge >= 0.3 is 6.18 Å². The number of nitrogens with zero attached hydrogens (tertiary/aromatic N) is 2. The number of aromatic nitrogens is 2. The van der Waals surface area contributed by atoms with Crippen LogP contribution in [0.5, 0.6) is 0 Å². The van der Waals surface area contributed by atoms with Crippen LogP contribution in [0.2, 0.25) is 0 Å². The average Bonchev–Trinajstić information content (AvgIpc) is 2.34. The summed E-state index contributed by atoms with van der Waals surface area (Å²) in [4.78, 5) is 0.733. The van der Waals surface area contributed by atoms with Crippen LogP contribution in [0.4, 0.5) is 13.2 Å². The van der Waals surface area contributed by atoms with Crippen LogP contribution >= 0.6 is 27.7 Å². The normalized spacial score (nSPS) is 12.1. The quantitative estimate of drug-likeness (QED) is 0.794. The number of thioether (sulfide) groups is 1. The van der Waals surface area contributed by atoms with E-state index in [0.717, 1.165) is 15.3 Å². The molecule has 2 nitrogen and oxygen atoms in total. The van der Waals surface area contributed by atoms with Crippen LogP contribution in [-0.2, 0) is 6.54 Å². The third-order valence-corrected chi connectivity index (χ3v) is 3.37. The second kappa shape index (κ2) is 4.57. The molecule has 1 heterocycles. The summed E-state index contributed by atoms with van der Waals surface area (Å²) in [5.74, 6) is 0.802. The van der Waals surface area contributed by atoms with Crippen LogP contribution < -0.4 is 0 Å². The summed E-state index contributed by atoms with van der Waals surface area (Å²) in [5.41, 5.74) is 0. The number of alkyl halides is 3. The van der Waals surface area contributed by atoms with Crippen molar-refractivity contribution in [3.63, 3.8) is 0 Å². The molecule has 0 spiro atoms. The number of hydrogen-bond donors (Lipinski definition) is 0. The maximum absolute atomic E-state index is 12.0. The van der Waals surface area contributed by atoms with Crippen molar-refractivity contribution in [3.8, 4) is 0 Å². The summed E-state index contributed by atoms with van der Waals surface area (Å²) in [5, 5.41) is 3.65. The molecule has 0 atom stereocenters. The van der Waals surface area contributed by atoms with Crippen molar-refractivity contribution in [1.29, 1.82) is 0 Å². The molecule has 0 amide bonds. The van der Waals surface area contributed by atoms with Gasteiger partial charge in [0.15, 0.2) is 0 Å². The molecule has 0 aliphatic heterocycles. The minimum absolute atomic E-state index is 0.390. The van der Waals surface area contributed by atoms with E-state index in [4.69, 9.17) is 0 Å². The van der Waals surface area contributed by atoms with Crippen LogP contribution in [0.15, 0.2) is 15.7 Å². The van der Waals surface area contributed by atoms with E-state index < -0.39 is 12.7 Å². The summed E-state index contributed by atoms with van der Waals surface area (Å²) in [6, 6.07) is 0. The molecule has 1 aromatic heterocycles. The highest BCUT2D eigenvalue weighted by Gasteiger charge is 2.29. The lowest BCUT2D eigenvalue weighted by atomic mass is 10.6. The molecule has 0 unspecified atom stereocenters. The van der Waals surface area contributed by atoms with Gasteiger partial charge in [0.05, 0.1) is 11.1 Å². The fourth-order valence-corrected chi connectivity index (χ4v) is 2.21. The van der Waals surface area contributed by atoms with Crippen molar-refractivity contribution >= 4 is 27.7 Å². The zero-order valence-corrected chi connectivity index (χ0v) is 9.71. The van der Waals surface area contributed by atoms with Gasteiger partial charge in [0, 0.05) is 0 Å². The van der Waals surface area contributed by atoms with E-state index in [2.05, 4.69) is 21.0 Å². The first kappa shape index (κ1) is 11.9. The van der Waals surface area contributed by atoms with Crippen molar-refractivity contribution in [1.82, 2.24) is 9.78 Å². The molecule has 0 aromatic carbocycles. The molecular weight excluding hydrogens is 281 g/mol. The van der Waals surface area contributed by atoms with Gasteiger partial charge in [0.2, 0.25) is 0 Å². The maximum atomic E-state index is 12.0. The third-order valence-electron chi connectivity index (χ3n) is 1.37. The van der Waals surface area contributed by atoms with Gasteiger partial charge in [0.1, 0.15) is 11.1 Å². The van der Waals surface area contributed by atoms with E-state index in [9.17, 15) is 13.2 Å². The maximum Gasteiger partial charge on any atom is 0.408 e. The van der Waals surface area contributed by atoms with Crippen LogP contribution in [0.3, 0.4) is 0 Å². The van der Waals surface area contributed by atoms with Gasteiger partial charge in [-0.05, 0) is 21.7 Å². The Morgan fingerprint density at radius 1 is 1.57 bits per heavy atom. The molecular formula is C7H8BrF3N2S. The Morgan fingerprint density at radius 2 is 2.21 bits per heavy atom. The minimum atomic E-state index is -4.23. The highest BCUT2D eigenvalue weighted by Crippen LogP contribution is 2.29. The molecule has 0 bridgehead atoms. The Labute approximate surface area is 92.0 Å². The van der Waals surface area contributed by atoms with E-state index >= 15 is 0 Å². The first-order chi connectivity index (χ1) is 6.44. The van der Waals surface area contributed by atoms with Gasteiger partial charge in [-0.25, -0.2) is 4.68 Å². The second-order valence-corrected chi connectivity index (χ2v) is 4.56. The lowest BCUT2D eigenvalue weighted by Gasteiger charge is -2.07. The fraction of sp³-hybridized carbons (Fsp3) is 0.571. The number of halogens is 4. The van der Waals surface area contributed by atoms with Crippen LogP contribution in [0.1, 0.15) is 6.92 Å². The Bertz CT molecular complexity index is 310. The zero-order valence-electron chi connectivity index (χ0n) is 7.31. The molecule has 0 radical (unpaired) electrons. The van der Waals surface area contributed by atoms with E-state index in [1.807, 2.05) is 6.92 Å². The molecule has 1 rings (SSSR count). The molecule has 1 aromatic rings. The molecule has 0 N–H and O–H groups in total. The van der Waals surface area contributed by atoms with Gasteiger partial charge < -0.3 is 0 Å². The molecule has 0 fully saturated rings. The summed E-state index contributed by atoms with van der Waals surface area (Å²) < 4.78 is 37.4. The predicted molar refractivity (Wildman–Crippen MR) is 52.4 cm³/mol. The van der Waals surface area contributed by atoms with Crippen molar-refractivity contribution in [2.45, 2.75) is 24.5 Å². The predicted octanol–water partition coefficient (Wildman–Crippen LogP) is 3.32. The van der Waals surface area contributed by atoms with Crippen LogP contribution in [0, 0.1) is 0 Å². The highest BCUT2D eigenvalue weighted by atomic mass is 79.9.